The van der Waals surface area contributed by atoms with E-state index in [1.165, 1.54) is 12.1 Å². The minimum Gasteiger partial charge on any atom is -0.406 e. The summed E-state index contributed by atoms with van der Waals surface area (Å²) in [5.74, 6) is 0.655. The number of nitrogens with zero attached hydrogens (tertiary/aromatic N) is 2. The molecule has 170 valence electrons. The van der Waals surface area contributed by atoms with Crippen molar-refractivity contribution in [1.29, 1.82) is 0 Å². The van der Waals surface area contributed by atoms with Crippen LogP contribution in [0.3, 0.4) is 0 Å². The van der Waals surface area contributed by atoms with E-state index in [-0.39, 0.29) is 11.9 Å². The van der Waals surface area contributed by atoms with Crippen molar-refractivity contribution >= 4 is 5.96 Å². The van der Waals surface area contributed by atoms with Crippen LogP contribution in [0.25, 0.3) is 0 Å². The normalized spacial score (nSPS) is 16.0. The number of guanidine groups is 1. The summed E-state index contributed by atoms with van der Waals surface area (Å²) in [4.78, 5) is 6.92. The summed E-state index contributed by atoms with van der Waals surface area (Å²) in [5.41, 5.74) is 0.910. The number of nitrogens with one attached hydrogen (secondary N) is 1. The second-order valence-electron chi connectivity index (χ2n) is 7.08. The zero-order chi connectivity index (χ0) is 21.8. The van der Waals surface area contributed by atoms with E-state index in [1.807, 2.05) is 6.92 Å². The Morgan fingerprint density at radius 3 is 2.47 bits per heavy atom. The zero-order valence-corrected chi connectivity index (χ0v) is 17.7. The first-order valence-corrected chi connectivity index (χ1v) is 10.4. The molecule has 0 saturated carbocycles. The maximum Gasteiger partial charge on any atom is 0.573 e. The molecule has 2 rings (SSSR count). The summed E-state index contributed by atoms with van der Waals surface area (Å²) in [6.45, 7) is 6.55. The molecule has 0 atom stereocenters. The van der Waals surface area contributed by atoms with E-state index in [2.05, 4.69) is 19.9 Å². The number of methoxy groups -OCH3 is 1. The van der Waals surface area contributed by atoms with Crippen molar-refractivity contribution in [3.05, 3.63) is 29.8 Å². The maximum atomic E-state index is 12.2. The summed E-state index contributed by atoms with van der Waals surface area (Å²) in [5, 5.41) is 3.32. The molecule has 0 aliphatic carbocycles. The van der Waals surface area contributed by atoms with Crippen molar-refractivity contribution in [3.63, 3.8) is 0 Å². The molecule has 1 aliphatic heterocycles. The van der Waals surface area contributed by atoms with Crippen LogP contribution >= 0.6 is 0 Å². The highest BCUT2D eigenvalue weighted by molar-refractivity contribution is 5.80. The molecule has 0 radical (unpaired) electrons. The Hall–Kier alpha value is -2.00. The molecule has 1 fully saturated rings. The number of piperidine rings is 1. The number of rotatable bonds is 10. The molecule has 0 spiro atoms. The Bertz CT molecular complexity index is 631. The first-order chi connectivity index (χ1) is 14.4. The maximum absolute atomic E-state index is 12.2. The topological polar surface area (TPSA) is 55.3 Å². The molecule has 0 amide bonds. The minimum absolute atomic E-state index is 0.213. The fourth-order valence-electron chi connectivity index (χ4n) is 3.26. The van der Waals surface area contributed by atoms with Gasteiger partial charge >= 0.3 is 6.36 Å². The molecule has 1 saturated heterocycles. The fraction of sp³-hybridized carbons (Fsp3) is 0.667. The largest absolute Gasteiger partial charge is 0.573 e. The lowest BCUT2D eigenvalue weighted by Crippen LogP contribution is -2.47. The van der Waals surface area contributed by atoms with Gasteiger partial charge in [0.15, 0.2) is 5.96 Å². The van der Waals surface area contributed by atoms with Gasteiger partial charge in [-0.25, -0.2) is 0 Å². The van der Waals surface area contributed by atoms with Gasteiger partial charge in [-0.05, 0) is 50.3 Å². The monoisotopic (exact) mass is 431 g/mol. The number of alkyl halides is 3. The third kappa shape index (κ3) is 9.21. The van der Waals surface area contributed by atoms with Gasteiger partial charge in [0.25, 0.3) is 0 Å². The van der Waals surface area contributed by atoms with Crippen LogP contribution in [0.4, 0.5) is 13.2 Å². The zero-order valence-electron chi connectivity index (χ0n) is 17.7. The van der Waals surface area contributed by atoms with Gasteiger partial charge in [-0.3, -0.25) is 4.99 Å². The van der Waals surface area contributed by atoms with E-state index in [0.29, 0.717) is 19.6 Å². The van der Waals surface area contributed by atoms with Gasteiger partial charge in [-0.2, -0.15) is 0 Å². The fourth-order valence-corrected chi connectivity index (χ4v) is 3.26. The van der Waals surface area contributed by atoms with Crippen LogP contribution in [0.2, 0.25) is 0 Å². The molecular weight excluding hydrogens is 399 g/mol. The number of aliphatic imine (C=N–C) groups is 1. The van der Waals surface area contributed by atoms with Crippen LogP contribution in [0, 0.1) is 0 Å². The Labute approximate surface area is 176 Å². The summed E-state index contributed by atoms with van der Waals surface area (Å²) in [7, 11) is 1.69. The Morgan fingerprint density at radius 2 is 1.87 bits per heavy atom. The molecule has 0 unspecified atom stereocenters. The molecule has 6 nitrogen and oxygen atoms in total. The van der Waals surface area contributed by atoms with E-state index in [0.717, 1.165) is 57.0 Å². The Morgan fingerprint density at radius 1 is 1.17 bits per heavy atom. The van der Waals surface area contributed by atoms with Gasteiger partial charge < -0.3 is 24.4 Å². The van der Waals surface area contributed by atoms with Crippen LogP contribution < -0.4 is 10.1 Å². The predicted octanol–water partition coefficient (Wildman–Crippen LogP) is 3.61. The lowest BCUT2D eigenvalue weighted by molar-refractivity contribution is -0.274. The lowest BCUT2D eigenvalue weighted by Gasteiger charge is -2.34. The van der Waals surface area contributed by atoms with E-state index in [1.54, 1.807) is 19.2 Å². The first kappa shape index (κ1) is 24.3. The summed E-state index contributed by atoms with van der Waals surface area (Å²) in [6.07, 6.45) is -0.937. The molecule has 1 aromatic rings. The van der Waals surface area contributed by atoms with Crippen LogP contribution in [0.15, 0.2) is 29.3 Å². The highest BCUT2D eigenvalue weighted by Gasteiger charge is 2.30. The van der Waals surface area contributed by atoms with Crippen LogP contribution in [-0.2, 0) is 15.9 Å². The molecule has 30 heavy (non-hydrogen) atoms. The van der Waals surface area contributed by atoms with Crippen molar-refractivity contribution < 1.29 is 27.4 Å². The Kier molecular flexibility index (Phi) is 10.2. The highest BCUT2D eigenvalue weighted by atomic mass is 19.4. The van der Waals surface area contributed by atoms with Crippen LogP contribution in [-0.4, -0.2) is 69.8 Å². The van der Waals surface area contributed by atoms with Gasteiger partial charge in [-0.15, -0.1) is 13.2 Å². The second-order valence-corrected chi connectivity index (χ2v) is 7.08. The van der Waals surface area contributed by atoms with Gasteiger partial charge in [0.2, 0.25) is 0 Å². The van der Waals surface area contributed by atoms with E-state index < -0.39 is 6.36 Å². The van der Waals surface area contributed by atoms with E-state index in [4.69, 9.17) is 9.47 Å². The van der Waals surface area contributed by atoms with Gasteiger partial charge in [0.1, 0.15) is 5.75 Å². The third-order valence-corrected chi connectivity index (χ3v) is 4.74. The minimum atomic E-state index is -4.67. The average molecular weight is 431 g/mol. The van der Waals surface area contributed by atoms with Gasteiger partial charge in [-0.1, -0.05) is 12.1 Å². The quantitative estimate of drug-likeness (QED) is 0.349. The molecule has 1 heterocycles. The number of likely N-dealkylation sites (tertiary alicyclic amines) is 1. The number of benzene rings is 1. The third-order valence-electron chi connectivity index (χ3n) is 4.74. The van der Waals surface area contributed by atoms with E-state index in [9.17, 15) is 13.2 Å². The van der Waals surface area contributed by atoms with Crippen LogP contribution in [0.1, 0.15) is 31.7 Å². The molecule has 1 aliphatic rings. The highest BCUT2D eigenvalue weighted by Crippen LogP contribution is 2.22. The number of ether oxygens (including phenoxy) is 3. The Balaban J connectivity index is 1.79. The molecule has 1 aromatic carbocycles. The summed E-state index contributed by atoms with van der Waals surface area (Å²) < 4.78 is 51.5. The lowest BCUT2D eigenvalue weighted by atomic mass is 10.1. The molecule has 0 aromatic heterocycles. The van der Waals surface area contributed by atoms with Gasteiger partial charge in [0, 0.05) is 46.5 Å². The molecule has 0 bridgehead atoms. The van der Waals surface area contributed by atoms with Crippen molar-refractivity contribution in [3.8, 4) is 5.75 Å². The molecule has 9 heteroatoms. The van der Waals surface area contributed by atoms with Crippen LogP contribution in [0.5, 0.6) is 5.75 Å². The van der Waals surface area contributed by atoms with Gasteiger partial charge in [0.05, 0.1) is 6.10 Å². The number of hydrogen-bond acceptors (Lipinski definition) is 4. The number of halogens is 3. The van der Waals surface area contributed by atoms with Crippen molar-refractivity contribution in [2.24, 2.45) is 4.99 Å². The smallest absolute Gasteiger partial charge is 0.406 e. The number of hydrogen-bond donors (Lipinski definition) is 1. The predicted molar refractivity (Wildman–Crippen MR) is 110 cm³/mol. The summed E-state index contributed by atoms with van der Waals surface area (Å²) in [6, 6.07) is 5.93. The standard InChI is InChI=1S/C21H32F3N3O3/c1-3-25-20(27-13-10-18(11-14-27)29-16-4-15-28-2)26-12-9-17-5-7-19(8-6-17)30-21(22,23)24/h5-8,18H,3-4,9-16H2,1-2H3,(H,25,26). The van der Waals surface area contributed by atoms with E-state index >= 15 is 0 Å². The molecular formula is C21H32F3N3O3. The van der Waals surface area contributed by atoms with Crippen molar-refractivity contribution in [2.75, 3.05) is 46.5 Å². The average Bonchev–Trinajstić information content (AvgIpc) is 2.71. The summed E-state index contributed by atoms with van der Waals surface area (Å²) >= 11 is 0. The van der Waals surface area contributed by atoms with Crippen molar-refractivity contribution in [2.45, 2.75) is 45.1 Å². The second kappa shape index (κ2) is 12.6. The first-order valence-electron chi connectivity index (χ1n) is 10.4. The SMILES string of the molecule is CCNC(=NCCc1ccc(OC(F)(F)F)cc1)N1CCC(OCCCOC)CC1. The van der Waals surface area contributed by atoms with Crippen molar-refractivity contribution in [1.82, 2.24) is 10.2 Å². The molecule has 1 N–H and O–H groups in total.